The Hall–Kier alpha value is -4.01. The summed E-state index contributed by atoms with van der Waals surface area (Å²) in [6, 6.07) is 17.3. The molecular weight excluding hydrogens is 534 g/mol. The van der Waals surface area contributed by atoms with E-state index in [0.29, 0.717) is 51.7 Å². The van der Waals surface area contributed by atoms with E-state index in [1.165, 1.54) is 12.1 Å². The molecule has 0 spiro atoms. The van der Waals surface area contributed by atoms with Crippen molar-refractivity contribution in [3.63, 3.8) is 0 Å². The molecule has 7 nitrogen and oxygen atoms in total. The molecule has 192 valence electrons. The zero-order valence-electron chi connectivity index (χ0n) is 19.7. The molecule has 0 aliphatic carbocycles. The first-order valence-corrected chi connectivity index (χ1v) is 12.3. The molecule has 3 aromatic carbocycles. The lowest BCUT2D eigenvalue weighted by molar-refractivity contribution is -0.139. The highest BCUT2D eigenvalue weighted by Crippen LogP contribution is 2.41. The van der Waals surface area contributed by atoms with Gasteiger partial charge >= 0.3 is 5.97 Å². The van der Waals surface area contributed by atoms with Crippen molar-refractivity contribution >= 4 is 35.0 Å². The maximum Gasteiger partial charge on any atom is 0.311 e. The number of carboxylic acids is 1. The normalized spacial score (nSPS) is 14.3. The number of fused-ring (bicyclic) bond motifs is 1. The van der Waals surface area contributed by atoms with Crippen molar-refractivity contribution in [1.82, 2.24) is 10.2 Å². The van der Waals surface area contributed by atoms with E-state index in [4.69, 9.17) is 32.7 Å². The second-order valence-electron chi connectivity index (χ2n) is 8.61. The number of hydrogen-bond acceptors (Lipinski definition) is 6. The first kappa shape index (κ1) is 25.6. The molecule has 1 aromatic heterocycles. The second kappa shape index (κ2) is 10.8. The quantitative estimate of drug-likeness (QED) is 0.253. The Kier molecular flexibility index (Phi) is 7.26. The van der Waals surface area contributed by atoms with Crippen LogP contribution in [0.3, 0.4) is 0 Å². The summed E-state index contributed by atoms with van der Waals surface area (Å²) in [6.07, 6.45) is 0.396. The van der Waals surface area contributed by atoms with Crippen LogP contribution in [0, 0.1) is 5.82 Å². The number of ketones is 1. The third-order valence-corrected chi connectivity index (χ3v) is 6.68. The Morgan fingerprint density at radius 2 is 1.79 bits per heavy atom. The number of nitrogens with zero attached hydrogens (tertiary/aromatic N) is 2. The first-order valence-electron chi connectivity index (χ1n) is 11.6. The number of halogens is 3. The molecule has 0 saturated carbocycles. The van der Waals surface area contributed by atoms with Gasteiger partial charge in [-0.1, -0.05) is 29.3 Å². The molecule has 1 N–H and O–H groups in total. The van der Waals surface area contributed by atoms with Crippen molar-refractivity contribution in [3.05, 3.63) is 99.4 Å². The molecule has 0 radical (unpaired) electrons. The van der Waals surface area contributed by atoms with Crippen LogP contribution in [0.2, 0.25) is 10.0 Å². The Labute approximate surface area is 226 Å². The van der Waals surface area contributed by atoms with Crippen LogP contribution in [0.25, 0.3) is 11.3 Å². The van der Waals surface area contributed by atoms with Crippen LogP contribution in [-0.4, -0.2) is 33.7 Å². The van der Waals surface area contributed by atoms with E-state index in [2.05, 4.69) is 10.2 Å². The molecule has 0 fully saturated rings. The molecule has 4 aromatic rings. The summed E-state index contributed by atoms with van der Waals surface area (Å²) in [6.45, 7) is 0.286. The molecule has 5 rings (SSSR count). The van der Waals surface area contributed by atoms with Gasteiger partial charge in [0.25, 0.3) is 0 Å². The maximum atomic E-state index is 13.7. The van der Waals surface area contributed by atoms with Crippen LogP contribution in [0.4, 0.5) is 4.39 Å². The summed E-state index contributed by atoms with van der Waals surface area (Å²) in [7, 11) is 0. The summed E-state index contributed by atoms with van der Waals surface area (Å²) in [5.74, 6) is -1.17. The Bertz CT molecular complexity index is 1530. The van der Waals surface area contributed by atoms with Crippen LogP contribution in [0.15, 0.2) is 66.7 Å². The van der Waals surface area contributed by atoms with Crippen molar-refractivity contribution in [3.8, 4) is 28.5 Å². The SMILES string of the molecule is O=C(Cc1ccc(-c2ccc(Cl)c(F)c2)nn1)c1ccc(Oc2cc3c(cc2Cl)C(C(=O)O)CCO3)cc1. The van der Waals surface area contributed by atoms with E-state index in [1.54, 1.807) is 54.6 Å². The minimum atomic E-state index is -0.932. The summed E-state index contributed by atoms with van der Waals surface area (Å²) >= 11 is 12.1. The largest absolute Gasteiger partial charge is 0.493 e. The number of carbonyl (C=O) groups excluding carboxylic acids is 1. The van der Waals surface area contributed by atoms with Crippen LogP contribution < -0.4 is 9.47 Å². The number of Topliss-reactive ketones (excluding diaryl/α,β-unsaturated/α-hetero) is 1. The van der Waals surface area contributed by atoms with Crippen molar-refractivity contribution < 1.29 is 28.6 Å². The predicted octanol–water partition coefficient (Wildman–Crippen LogP) is 6.76. The molecule has 1 aliphatic heterocycles. The molecule has 0 bridgehead atoms. The van der Waals surface area contributed by atoms with Crippen LogP contribution in [0.5, 0.6) is 17.2 Å². The fourth-order valence-electron chi connectivity index (χ4n) is 4.09. The topological polar surface area (TPSA) is 98.6 Å². The van der Waals surface area contributed by atoms with Crippen molar-refractivity contribution in [2.24, 2.45) is 0 Å². The number of aliphatic carboxylic acids is 1. The van der Waals surface area contributed by atoms with Crippen LogP contribution >= 0.6 is 23.2 Å². The Morgan fingerprint density at radius 1 is 1.00 bits per heavy atom. The summed E-state index contributed by atoms with van der Waals surface area (Å²) < 4.78 is 25.2. The third kappa shape index (κ3) is 5.46. The van der Waals surface area contributed by atoms with Gasteiger partial charge in [-0.05, 0) is 61.0 Å². The van der Waals surface area contributed by atoms with Gasteiger partial charge in [0.2, 0.25) is 0 Å². The maximum absolute atomic E-state index is 13.7. The molecule has 0 amide bonds. The highest BCUT2D eigenvalue weighted by molar-refractivity contribution is 6.32. The van der Waals surface area contributed by atoms with Crippen molar-refractivity contribution in [2.75, 3.05) is 6.61 Å². The molecule has 38 heavy (non-hydrogen) atoms. The number of carboxylic acid groups (broad SMARTS) is 1. The van der Waals surface area contributed by atoms with E-state index in [0.717, 1.165) is 0 Å². The average molecular weight is 553 g/mol. The smallest absolute Gasteiger partial charge is 0.311 e. The molecule has 1 atom stereocenters. The molecule has 10 heteroatoms. The highest BCUT2D eigenvalue weighted by atomic mass is 35.5. The molecule has 1 aliphatic rings. The minimum absolute atomic E-state index is 0.0222. The lowest BCUT2D eigenvalue weighted by Crippen LogP contribution is -2.20. The lowest BCUT2D eigenvalue weighted by atomic mass is 9.93. The standard InChI is InChI=1S/C28H19Cl2FN2O5/c29-21-7-3-16(11-23(21)31)24-8-4-17(32-33-24)12-25(34)15-1-5-18(6-2-15)38-27-14-26-20(13-22(27)30)19(28(35)36)9-10-37-26/h1-8,11,13-14,19H,9-10,12H2,(H,35,36). The molecule has 2 heterocycles. The van der Waals surface area contributed by atoms with E-state index in [-0.39, 0.29) is 28.9 Å². The van der Waals surface area contributed by atoms with Crippen LogP contribution in [-0.2, 0) is 11.2 Å². The van der Waals surface area contributed by atoms with Crippen molar-refractivity contribution in [2.45, 2.75) is 18.8 Å². The Morgan fingerprint density at radius 3 is 2.47 bits per heavy atom. The van der Waals surface area contributed by atoms with E-state index < -0.39 is 17.7 Å². The monoisotopic (exact) mass is 552 g/mol. The van der Waals surface area contributed by atoms with Gasteiger partial charge in [0.15, 0.2) is 5.78 Å². The zero-order valence-corrected chi connectivity index (χ0v) is 21.2. The fourth-order valence-corrected chi connectivity index (χ4v) is 4.42. The summed E-state index contributed by atoms with van der Waals surface area (Å²) in [5.41, 5.74) is 2.42. The van der Waals surface area contributed by atoms with Gasteiger partial charge in [-0.25, -0.2) is 4.39 Å². The molecule has 1 unspecified atom stereocenters. The average Bonchev–Trinajstić information content (AvgIpc) is 2.91. The number of benzene rings is 3. The summed E-state index contributed by atoms with van der Waals surface area (Å²) in [5, 5.41) is 17.9. The Balaban J connectivity index is 1.25. The minimum Gasteiger partial charge on any atom is -0.493 e. The third-order valence-electron chi connectivity index (χ3n) is 6.08. The van der Waals surface area contributed by atoms with Gasteiger partial charge in [0, 0.05) is 22.8 Å². The molecule has 0 saturated heterocycles. The summed E-state index contributed by atoms with van der Waals surface area (Å²) in [4.78, 5) is 24.3. The van der Waals surface area contributed by atoms with E-state index in [9.17, 15) is 19.1 Å². The number of hydrogen-bond donors (Lipinski definition) is 1. The molecular formula is C28H19Cl2FN2O5. The number of aromatic nitrogens is 2. The number of carbonyl (C=O) groups is 2. The number of rotatable bonds is 7. The van der Waals surface area contributed by atoms with Gasteiger partial charge in [0.1, 0.15) is 23.1 Å². The van der Waals surface area contributed by atoms with Gasteiger partial charge in [0.05, 0.1) is 40.4 Å². The van der Waals surface area contributed by atoms with E-state index >= 15 is 0 Å². The zero-order chi connectivity index (χ0) is 26.8. The van der Waals surface area contributed by atoms with Gasteiger partial charge in [-0.2, -0.15) is 10.2 Å². The number of ether oxygens (including phenoxy) is 2. The predicted molar refractivity (Wildman–Crippen MR) is 139 cm³/mol. The van der Waals surface area contributed by atoms with Crippen molar-refractivity contribution in [1.29, 1.82) is 0 Å². The van der Waals surface area contributed by atoms with E-state index in [1.807, 2.05) is 0 Å². The van der Waals surface area contributed by atoms with Crippen LogP contribution in [0.1, 0.15) is 34.0 Å². The van der Waals surface area contributed by atoms with Gasteiger partial charge in [-0.15, -0.1) is 0 Å². The van der Waals surface area contributed by atoms with Gasteiger partial charge in [-0.3, -0.25) is 9.59 Å². The second-order valence-corrected chi connectivity index (χ2v) is 9.43. The van der Waals surface area contributed by atoms with Gasteiger partial charge < -0.3 is 14.6 Å². The lowest BCUT2D eigenvalue weighted by Gasteiger charge is -2.24. The highest BCUT2D eigenvalue weighted by Gasteiger charge is 2.29. The fraction of sp³-hybridized carbons (Fsp3) is 0.143. The first-order chi connectivity index (χ1) is 18.3.